The minimum absolute atomic E-state index is 0.455. The van der Waals surface area contributed by atoms with Gasteiger partial charge in [0, 0.05) is 0 Å². The van der Waals surface area contributed by atoms with Crippen molar-refractivity contribution in [3.05, 3.63) is 0 Å². The topological polar surface area (TPSA) is 114 Å². The Balaban J connectivity index is 3.23. The third-order valence-corrected chi connectivity index (χ3v) is 11.6. The number of carbonyl (C=O) groups excluding carboxylic acids is 4. The molecule has 1 aliphatic rings. The zero-order valence-corrected chi connectivity index (χ0v) is 20.2. The molecule has 0 spiro atoms. The quantitative estimate of drug-likeness (QED) is 0.266. The number of hydrogen-bond donors (Lipinski definition) is 0. The molecule has 0 saturated carbocycles. The molecule has 1 fully saturated rings. The van der Waals surface area contributed by atoms with Gasteiger partial charge < -0.3 is 0 Å². The summed E-state index contributed by atoms with van der Waals surface area (Å²) >= 11 is -1.15. The molecule has 11 heteroatoms. The average Bonchev–Trinajstić information content (AvgIpc) is 2.57. The first kappa shape index (κ1) is 25.8. The molecule has 1 heterocycles. The molecule has 29 heavy (non-hydrogen) atoms. The fourth-order valence-electron chi connectivity index (χ4n) is 2.83. The molecule has 1 aliphatic heterocycles. The van der Waals surface area contributed by atoms with E-state index in [-0.39, 0.29) is 0 Å². The number of rotatable bonds is 9. The Morgan fingerprint density at radius 1 is 0.828 bits per heavy atom. The van der Waals surface area contributed by atoms with Crippen LogP contribution in [0.5, 0.6) is 0 Å². The van der Waals surface area contributed by atoms with Crippen LogP contribution in [-0.4, -0.2) is 73.8 Å². The van der Waals surface area contributed by atoms with E-state index >= 15 is 0 Å². The van der Waals surface area contributed by atoms with Crippen LogP contribution in [-0.2, 0) is 42.9 Å². The maximum absolute atomic E-state index is 11.7. The summed E-state index contributed by atoms with van der Waals surface area (Å²) in [6.45, 7) is 6.88. The molecule has 6 atom stereocenters. The molecule has 0 aromatic heterocycles. The fraction of sp³-hybridized carbons (Fsp3) is 0.778. The fourth-order valence-corrected chi connectivity index (χ4v) is 9.24. The van der Waals surface area contributed by atoms with Crippen molar-refractivity contribution in [1.82, 2.24) is 0 Å². The van der Waals surface area contributed by atoms with Crippen LogP contribution in [0.2, 0.25) is 10.9 Å². The number of ether oxygens (including phenoxy) is 5. The predicted molar refractivity (Wildman–Crippen MR) is 106 cm³/mol. The molecule has 1 saturated heterocycles. The molecule has 0 aliphatic carbocycles. The van der Waals surface area contributed by atoms with Crippen LogP contribution in [0.1, 0.15) is 41.0 Å². The second-order valence-corrected chi connectivity index (χ2v) is 15.6. The summed E-state index contributed by atoms with van der Waals surface area (Å²) in [4.78, 5) is 46.6. The molecule has 0 radical (unpaired) electrons. The van der Waals surface area contributed by atoms with Gasteiger partial charge in [0.25, 0.3) is 0 Å². The molecule has 166 valence electrons. The Morgan fingerprint density at radius 2 is 1.31 bits per heavy atom. The zero-order valence-electron chi connectivity index (χ0n) is 17.5. The Kier molecular flexibility index (Phi) is 11.1. The predicted octanol–water partition coefficient (Wildman–Crippen LogP) is 1.83. The molecule has 9 nitrogen and oxygen atoms in total. The Hall–Kier alpha value is -1.25. The number of carbonyl (C=O) groups is 4. The Morgan fingerprint density at radius 3 is 1.79 bits per heavy atom. The molecule has 0 N–H and O–H groups in total. The summed E-state index contributed by atoms with van der Waals surface area (Å²) in [5, 5.41) is 1.12. The first-order chi connectivity index (χ1) is 13.5. The van der Waals surface area contributed by atoms with Crippen LogP contribution in [0.3, 0.4) is 0 Å². The standard InChI is InChI=1S/C18H29AsO9S/c1-7-8-19(6)29-9-14-15(24-10(2)20)16(25-11(3)21)17(26-12(4)22)18(28-14)27-13(5)23/h14-18H,7-9H2,1-6H3/t14-,15-,16+,17-,18+,19?/m1/s1. The van der Waals surface area contributed by atoms with E-state index in [0.29, 0.717) is 5.75 Å². The molecule has 0 amide bonds. The van der Waals surface area contributed by atoms with E-state index in [1.165, 1.54) is 20.8 Å². The first-order valence-electron chi connectivity index (χ1n) is 9.23. The van der Waals surface area contributed by atoms with E-state index in [1.54, 1.807) is 10.0 Å². The second-order valence-electron chi connectivity index (χ2n) is 6.52. The molecular formula is C18H29AsO9S. The van der Waals surface area contributed by atoms with Gasteiger partial charge in [-0.15, -0.1) is 0 Å². The van der Waals surface area contributed by atoms with E-state index < -0.39 is 68.1 Å². The van der Waals surface area contributed by atoms with E-state index in [1.807, 2.05) is 0 Å². The van der Waals surface area contributed by atoms with Crippen molar-refractivity contribution in [3.63, 3.8) is 0 Å². The molecule has 0 aromatic carbocycles. The van der Waals surface area contributed by atoms with Crippen LogP contribution < -0.4 is 0 Å². The van der Waals surface area contributed by atoms with Gasteiger partial charge in [-0.05, 0) is 0 Å². The van der Waals surface area contributed by atoms with Crippen molar-refractivity contribution < 1.29 is 42.9 Å². The van der Waals surface area contributed by atoms with Crippen molar-refractivity contribution in [2.45, 2.75) is 82.7 Å². The van der Waals surface area contributed by atoms with Crippen LogP contribution >= 0.6 is 10.0 Å². The van der Waals surface area contributed by atoms with E-state index in [9.17, 15) is 19.2 Å². The van der Waals surface area contributed by atoms with E-state index in [0.717, 1.165) is 18.6 Å². The third-order valence-electron chi connectivity index (χ3n) is 3.78. The average molecular weight is 496 g/mol. The number of esters is 4. The summed E-state index contributed by atoms with van der Waals surface area (Å²) in [6, 6.07) is 0. The van der Waals surface area contributed by atoms with Crippen LogP contribution in [0.4, 0.5) is 0 Å². The summed E-state index contributed by atoms with van der Waals surface area (Å²) in [5.74, 6) is -2.14. The molecule has 0 bridgehead atoms. The van der Waals surface area contributed by atoms with E-state index in [4.69, 9.17) is 23.7 Å². The van der Waals surface area contributed by atoms with Crippen molar-refractivity contribution >= 4 is 47.4 Å². The van der Waals surface area contributed by atoms with Crippen molar-refractivity contribution in [1.29, 1.82) is 0 Å². The van der Waals surface area contributed by atoms with Crippen molar-refractivity contribution in [2.75, 3.05) is 5.75 Å². The molecular weight excluding hydrogens is 467 g/mol. The van der Waals surface area contributed by atoms with E-state index in [2.05, 4.69) is 12.6 Å². The van der Waals surface area contributed by atoms with Crippen molar-refractivity contribution in [2.24, 2.45) is 0 Å². The van der Waals surface area contributed by atoms with Gasteiger partial charge in [-0.2, -0.15) is 0 Å². The first-order valence-corrected chi connectivity index (χ1v) is 15.7. The third kappa shape index (κ3) is 8.97. The summed E-state index contributed by atoms with van der Waals surface area (Å²) in [5.41, 5.74) is 2.21. The normalized spacial score (nSPS) is 27.4. The molecule has 0 aromatic rings. The zero-order chi connectivity index (χ0) is 22.1. The van der Waals surface area contributed by atoms with Gasteiger partial charge in [-0.1, -0.05) is 0 Å². The van der Waals surface area contributed by atoms with Crippen molar-refractivity contribution in [3.8, 4) is 0 Å². The van der Waals surface area contributed by atoms with Gasteiger partial charge >= 0.3 is 179 Å². The van der Waals surface area contributed by atoms with Gasteiger partial charge in [-0.25, -0.2) is 0 Å². The summed E-state index contributed by atoms with van der Waals surface area (Å²) in [6.07, 6.45) is -4.38. The van der Waals surface area contributed by atoms with Crippen LogP contribution in [0.15, 0.2) is 0 Å². The summed E-state index contributed by atoms with van der Waals surface area (Å²) < 4.78 is 27.1. The monoisotopic (exact) mass is 496 g/mol. The molecule has 1 rings (SSSR count). The SMILES string of the molecule is CCC[As](C)SC[C@H]1O[C@H](OC(C)=O)[C@H](OC(C)=O)[C@@H](OC(C)=O)[C@@H]1OC(C)=O. The van der Waals surface area contributed by atoms with Gasteiger partial charge in [0.15, 0.2) is 0 Å². The van der Waals surface area contributed by atoms with Gasteiger partial charge in [0.1, 0.15) is 0 Å². The van der Waals surface area contributed by atoms with Crippen LogP contribution in [0.25, 0.3) is 0 Å². The van der Waals surface area contributed by atoms with Gasteiger partial charge in [-0.3, -0.25) is 0 Å². The molecule has 1 unspecified atom stereocenters. The Bertz CT molecular complexity index is 600. The van der Waals surface area contributed by atoms with Crippen LogP contribution in [0, 0.1) is 0 Å². The van der Waals surface area contributed by atoms with Gasteiger partial charge in [0.05, 0.1) is 0 Å². The second kappa shape index (κ2) is 12.4. The number of hydrogen-bond acceptors (Lipinski definition) is 10. The van der Waals surface area contributed by atoms with Gasteiger partial charge in [0.2, 0.25) is 0 Å². The Labute approximate surface area is 178 Å². The summed E-state index contributed by atoms with van der Waals surface area (Å²) in [7, 11) is 1.74. The maximum atomic E-state index is 11.7. The minimum atomic E-state index is -1.29.